The normalized spacial score (nSPS) is 16.5. The van der Waals surface area contributed by atoms with E-state index in [0.717, 1.165) is 41.5 Å². The zero-order valence-electron chi connectivity index (χ0n) is 15.9. The molecule has 1 aromatic carbocycles. The third kappa shape index (κ3) is 3.06. The molecule has 0 amide bonds. The molecule has 1 aliphatic heterocycles. The van der Waals surface area contributed by atoms with E-state index in [1.807, 2.05) is 26.0 Å². The SMILES string of the molecule is CC#Cc1cc(C)c(-c2c(O)n3n(c2=O)CCC(OC)CC3)c(CC)c1. The van der Waals surface area contributed by atoms with Crippen LogP contribution in [0.2, 0.25) is 0 Å². The fraction of sp³-hybridized carbons (Fsp3) is 0.476. The van der Waals surface area contributed by atoms with Crippen LogP contribution < -0.4 is 5.56 Å². The molecule has 0 spiro atoms. The standard InChI is InChI=1S/C21H26N2O3/c1-5-7-15-12-14(3)18(16(6-2)13-15)19-20(24)22-10-8-17(26-4)9-11-23(22)21(19)25/h12-13,17,24H,6,8-11H2,1-4H3. The number of aryl methyl sites for hydroxylation is 2. The van der Waals surface area contributed by atoms with Crippen molar-refractivity contribution in [3.63, 3.8) is 0 Å². The van der Waals surface area contributed by atoms with Crippen LogP contribution in [-0.2, 0) is 24.2 Å². The van der Waals surface area contributed by atoms with Crippen molar-refractivity contribution < 1.29 is 9.84 Å². The van der Waals surface area contributed by atoms with Gasteiger partial charge < -0.3 is 9.84 Å². The largest absolute Gasteiger partial charge is 0.493 e. The Morgan fingerprint density at radius 3 is 2.54 bits per heavy atom. The first-order chi connectivity index (χ1) is 12.5. The number of benzene rings is 1. The van der Waals surface area contributed by atoms with Crippen molar-refractivity contribution in [2.24, 2.45) is 0 Å². The second kappa shape index (κ2) is 7.43. The minimum atomic E-state index is -0.133. The molecule has 1 N–H and O–H groups in total. The Hall–Kier alpha value is -2.45. The maximum absolute atomic E-state index is 13.1. The van der Waals surface area contributed by atoms with E-state index < -0.39 is 0 Å². The summed E-state index contributed by atoms with van der Waals surface area (Å²) < 4.78 is 8.79. The van der Waals surface area contributed by atoms with Crippen LogP contribution in [0.3, 0.4) is 0 Å². The first-order valence-electron chi connectivity index (χ1n) is 9.13. The van der Waals surface area contributed by atoms with Gasteiger partial charge >= 0.3 is 0 Å². The highest BCUT2D eigenvalue weighted by Gasteiger charge is 2.26. The van der Waals surface area contributed by atoms with Crippen LogP contribution in [0.4, 0.5) is 0 Å². The Kier molecular flexibility index (Phi) is 5.24. The molecule has 0 fully saturated rings. The van der Waals surface area contributed by atoms with E-state index in [0.29, 0.717) is 18.7 Å². The Bertz CT molecular complexity index is 941. The lowest BCUT2D eigenvalue weighted by atomic mass is 9.92. The first-order valence-corrected chi connectivity index (χ1v) is 9.13. The van der Waals surface area contributed by atoms with Gasteiger partial charge in [-0.05, 0) is 61.9 Å². The van der Waals surface area contributed by atoms with Crippen LogP contribution >= 0.6 is 0 Å². The Labute approximate surface area is 154 Å². The summed E-state index contributed by atoms with van der Waals surface area (Å²) in [6, 6.07) is 4.00. The van der Waals surface area contributed by atoms with Gasteiger partial charge in [-0.1, -0.05) is 12.8 Å². The number of ether oxygens (including phenoxy) is 1. The van der Waals surface area contributed by atoms with Crippen molar-refractivity contribution in [2.75, 3.05) is 7.11 Å². The van der Waals surface area contributed by atoms with Crippen LogP contribution in [-0.4, -0.2) is 27.7 Å². The van der Waals surface area contributed by atoms with Gasteiger partial charge in [0.25, 0.3) is 5.56 Å². The number of hydrogen-bond acceptors (Lipinski definition) is 3. The highest BCUT2D eigenvalue weighted by Crippen LogP contribution is 2.34. The molecule has 1 aromatic heterocycles. The van der Waals surface area contributed by atoms with Gasteiger partial charge in [0.1, 0.15) is 5.56 Å². The van der Waals surface area contributed by atoms with Gasteiger partial charge in [0.2, 0.25) is 5.88 Å². The van der Waals surface area contributed by atoms with Crippen molar-refractivity contribution in [1.82, 2.24) is 9.36 Å². The molecule has 3 rings (SSSR count). The van der Waals surface area contributed by atoms with Gasteiger partial charge in [-0.3, -0.25) is 9.48 Å². The topological polar surface area (TPSA) is 56.4 Å². The summed E-state index contributed by atoms with van der Waals surface area (Å²) in [6.45, 7) is 6.96. The van der Waals surface area contributed by atoms with Gasteiger partial charge in [0, 0.05) is 25.8 Å². The molecule has 5 nitrogen and oxygen atoms in total. The quantitative estimate of drug-likeness (QED) is 0.862. The number of hydrogen-bond donors (Lipinski definition) is 1. The zero-order valence-corrected chi connectivity index (χ0v) is 15.9. The number of rotatable bonds is 3. The summed E-state index contributed by atoms with van der Waals surface area (Å²) in [5.41, 5.74) is 4.05. The van der Waals surface area contributed by atoms with E-state index in [1.165, 1.54) is 0 Å². The molecular weight excluding hydrogens is 328 g/mol. The van der Waals surface area contributed by atoms with Crippen molar-refractivity contribution in [3.8, 4) is 28.8 Å². The molecule has 1 unspecified atom stereocenters. The summed E-state index contributed by atoms with van der Waals surface area (Å²) >= 11 is 0. The minimum absolute atomic E-state index is 0.0545. The van der Waals surface area contributed by atoms with Crippen LogP contribution in [0.1, 0.15) is 43.4 Å². The molecule has 5 heteroatoms. The average Bonchev–Trinajstić information content (AvgIpc) is 2.79. The molecule has 0 bridgehead atoms. The van der Waals surface area contributed by atoms with Crippen molar-refractivity contribution >= 4 is 0 Å². The lowest BCUT2D eigenvalue weighted by Crippen LogP contribution is -2.22. The third-order valence-corrected chi connectivity index (χ3v) is 5.18. The number of nitrogens with zero attached hydrogens (tertiary/aromatic N) is 2. The Balaban J connectivity index is 2.18. The second-order valence-electron chi connectivity index (χ2n) is 6.74. The molecule has 0 radical (unpaired) electrons. The molecule has 2 heterocycles. The van der Waals surface area contributed by atoms with Crippen molar-refractivity contribution in [1.29, 1.82) is 0 Å². The fourth-order valence-corrected chi connectivity index (χ4v) is 3.87. The average molecular weight is 354 g/mol. The molecular formula is C21H26N2O3. The van der Waals surface area contributed by atoms with Crippen molar-refractivity contribution in [3.05, 3.63) is 39.2 Å². The number of aromatic nitrogens is 2. The lowest BCUT2D eigenvalue weighted by Gasteiger charge is -2.13. The molecule has 0 saturated carbocycles. The molecule has 2 aromatic rings. The van der Waals surface area contributed by atoms with Gasteiger partial charge in [-0.2, -0.15) is 0 Å². The molecule has 0 aliphatic carbocycles. The summed E-state index contributed by atoms with van der Waals surface area (Å²) in [7, 11) is 1.69. The minimum Gasteiger partial charge on any atom is -0.493 e. The molecule has 1 aliphatic rings. The highest BCUT2D eigenvalue weighted by atomic mass is 16.5. The maximum Gasteiger partial charge on any atom is 0.278 e. The predicted molar refractivity (Wildman–Crippen MR) is 102 cm³/mol. The Morgan fingerprint density at radius 2 is 1.92 bits per heavy atom. The fourth-order valence-electron chi connectivity index (χ4n) is 3.87. The smallest absolute Gasteiger partial charge is 0.278 e. The van der Waals surface area contributed by atoms with E-state index in [-0.39, 0.29) is 17.5 Å². The van der Waals surface area contributed by atoms with Crippen LogP contribution in [0.25, 0.3) is 11.1 Å². The van der Waals surface area contributed by atoms with E-state index in [1.54, 1.807) is 16.5 Å². The third-order valence-electron chi connectivity index (χ3n) is 5.18. The van der Waals surface area contributed by atoms with E-state index in [9.17, 15) is 9.90 Å². The van der Waals surface area contributed by atoms with E-state index in [2.05, 4.69) is 18.8 Å². The monoisotopic (exact) mass is 354 g/mol. The second-order valence-corrected chi connectivity index (χ2v) is 6.74. The highest BCUT2D eigenvalue weighted by molar-refractivity contribution is 5.75. The summed E-state index contributed by atoms with van der Waals surface area (Å²) in [5, 5.41) is 10.9. The van der Waals surface area contributed by atoms with Gasteiger partial charge in [0.05, 0.1) is 6.10 Å². The van der Waals surface area contributed by atoms with Crippen molar-refractivity contribution in [2.45, 2.75) is 59.2 Å². The number of methoxy groups -OCH3 is 1. The Morgan fingerprint density at radius 1 is 1.23 bits per heavy atom. The van der Waals surface area contributed by atoms with Crippen LogP contribution in [0, 0.1) is 18.8 Å². The summed E-state index contributed by atoms with van der Waals surface area (Å²) in [5.74, 6) is 6.06. The number of fused-ring (bicyclic) bond motifs is 1. The zero-order chi connectivity index (χ0) is 18.8. The molecule has 0 saturated heterocycles. The first kappa shape index (κ1) is 18.3. The molecule has 26 heavy (non-hydrogen) atoms. The van der Waals surface area contributed by atoms with Crippen LogP contribution in [0.5, 0.6) is 5.88 Å². The van der Waals surface area contributed by atoms with Gasteiger partial charge in [-0.15, -0.1) is 5.92 Å². The lowest BCUT2D eigenvalue weighted by molar-refractivity contribution is 0.0873. The van der Waals surface area contributed by atoms with Gasteiger partial charge in [-0.25, -0.2) is 4.68 Å². The number of aromatic hydroxyl groups is 1. The summed E-state index contributed by atoms with van der Waals surface area (Å²) in [6.07, 6.45) is 2.43. The molecule has 1 atom stereocenters. The molecule has 138 valence electrons. The maximum atomic E-state index is 13.1. The van der Waals surface area contributed by atoms with E-state index in [4.69, 9.17) is 4.74 Å². The summed E-state index contributed by atoms with van der Waals surface area (Å²) in [4.78, 5) is 13.1. The van der Waals surface area contributed by atoms with Crippen LogP contribution in [0.15, 0.2) is 16.9 Å². The van der Waals surface area contributed by atoms with E-state index >= 15 is 0 Å². The predicted octanol–water partition coefficient (Wildman–Crippen LogP) is 3.07. The van der Waals surface area contributed by atoms with Gasteiger partial charge in [0.15, 0.2) is 0 Å².